The number of aromatic nitrogens is 2. The molecule has 1 unspecified atom stereocenters. The first-order valence-electron chi connectivity index (χ1n) is 15.4. The number of alkyl halides is 3. The van der Waals surface area contributed by atoms with E-state index in [4.69, 9.17) is 15.2 Å². The van der Waals surface area contributed by atoms with Crippen molar-refractivity contribution in [2.75, 3.05) is 33.0 Å². The molecule has 1 aromatic heterocycles. The summed E-state index contributed by atoms with van der Waals surface area (Å²) in [6.07, 6.45) is -4.34. The number of likely N-dealkylation sites (N-methyl/N-ethyl adjacent to an activating group) is 1. The molecule has 1 heterocycles. The van der Waals surface area contributed by atoms with Gasteiger partial charge in [0.25, 0.3) is 5.91 Å². The van der Waals surface area contributed by atoms with Crippen molar-refractivity contribution >= 4 is 29.3 Å². The SMILES string of the molecule is CC(=O)OC(CC(=O)OC1CCC(Nc2cc(-n3nc(C(F)(F)F)c4c3CC(C)(C)CC4=O)cc(F)c2C(N)=O)CC1)C[N+](C)(C)C.[Cl-]. The van der Waals surface area contributed by atoms with Gasteiger partial charge in [-0.1, -0.05) is 13.8 Å². The second-order valence-electron chi connectivity index (χ2n) is 14.3. The van der Waals surface area contributed by atoms with E-state index in [0.717, 1.165) is 10.7 Å². The molecule has 2 aromatic rings. The summed E-state index contributed by atoms with van der Waals surface area (Å²) in [7, 11) is 5.72. The average Bonchev–Trinajstić information content (AvgIpc) is 3.27. The average molecular weight is 704 g/mol. The highest BCUT2D eigenvalue weighted by atomic mass is 35.5. The van der Waals surface area contributed by atoms with Crippen LogP contribution in [0.2, 0.25) is 0 Å². The molecule has 1 fully saturated rings. The molecular weight excluding hydrogens is 662 g/mol. The number of anilines is 1. The van der Waals surface area contributed by atoms with Gasteiger partial charge in [0.05, 0.1) is 55.8 Å². The van der Waals surface area contributed by atoms with Crippen LogP contribution in [-0.2, 0) is 31.7 Å². The first kappa shape index (κ1) is 38.7. The normalized spacial score (nSPS) is 19.8. The molecule has 4 rings (SSSR count). The number of amides is 1. The molecule has 0 aliphatic heterocycles. The highest BCUT2D eigenvalue weighted by molar-refractivity contribution is 6.01. The third-order valence-corrected chi connectivity index (χ3v) is 8.19. The molecule has 16 heteroatoms. The van der Waals surface area contributed by atoms with Gasteiger partial charge >= 0.3 is 18.1 Å². The van der Waals surface area contributed by atoms with Crippen LogP contribution in [0.3, 0.4) is 0 Å². The monoisotopic (exact) mass is 703 g/mol. The van der Waals surface area contributed by atoms with Crippen LogP contribution in [0, 0.1) is 11.2 Å². The molecule has 0 radical (unpaired) electrons. The Morgan fingerprint density at radius 2 is 1.75 bits per heavy atom. The molecule has 0 bridgehead atoms. The van der Waals surface area contributed by atoms with Crippen LogP contribution in [-0.4, -0.2) is 83.8 Å². The van der Waals surface area contributed by atoms with Gasteiger partial charge in [0.15, 0.2) is 17.6 Å². The van der Waals surface area contributed by atoms with E-state index in [1.54, 1.807) is 13.8 Å². The first-order valence-corrected chi connectivity index (χ1v) is 15.4. The minimum Gasteiger partial charge on any atom is -1.00 e. The molecule has 1 aromatic carbocycles. The minimum absolute atomic E-state index is 0. The maximum absolute atomic E-state index is 15.4. The van der Waals surface area contributed by atoms with E-state index in [1.807, 2.05) is 21.1 Å². The lowest BCUT2D eigenvalue weighted by molar-refractivity contribution is -0.873. The highest BCUT2D eigenvalue weighted by Crippen LogP contribution is 2.42. The van der Waals surface area contributed by atoms with E-state index in [2.05, 4.69) is 10.4 Å². The Bertz CT molecular complexity index is 1560. The molecule has 1 amide bonds. The van der Waals surface area contributed by atoms with Crippen molar-refractivity contribution in [1.82, 2.24) is 9.78 Å². The number of benzene rings is 1. The third-order valence-electron chi connectivity index (χ3n) is 8.19. The van der Waals surface area contributed by atoms with Crippen molar-refractivity contribution < 1.29 is 63.1 Å². The number of hydrogen-bond acceptors (Lipinski definition) is 8. The fourth-order valence-electron chi connectivity index (χ4n) is 6.39. The van der Waals surface area contributed by atoms with Gasteiger partial charge in [-0.2, -0.15) is 18.3 Å². The number of ether oxygens (including phenoxy) is 2. The molecule has 11 nitrogen and oxygen atoms in total. The molecule has 2 aliphatic rings. The summed E-state index contributed by atoms with van der Waals surface area (Å²) >= 11 is 0. The van der Waals surface area contributed by atoms with E-state index in [-0.39, 0.29) is 54.8 Å². The summed E-state index contributed by atoms with van der Waals surface area (Å²) in [5.41, 5.74) is 2.37. The molecular formula is C32H42ClF4N5O6. The van der Waals surface area contributed by atoms with Gasteiger partial charge in [0.1, 0.15) is 18.5 Å². The molecule has 2 aliphatic carbocycles. The fourth-order valence-corrected chi connectivity index (χ4v) is 6.39. The van der Waals surface area contributed by atoms with Crippen LogP contribution >= 0.6 is 0 Å². The van der Waals surface area contributed by atoms with Gasteiger partial charge < -0.3 is 37.4 Å². The lowest BCUT2D eigenvalue weighted by Crippen LogP contribution is -3.00. The van der Waals surface area contributed by atoms with Crippen molar-refractivity contribution in [2.45, 2.75) is 90.1 Å². The number of rotatable bonds is 10. The maximum Gasteiger partial charge on any atom is 0.435 e. The van der Waals surface area contributed by atoms with Gasteiger partial charge in [0, 0.05) is 25.5 Å². The lowest BCUT2D eigenvalue weighted by Gasteiger charge is -2.31. The van der Waals surface area contributed by atoms with Crippen molar-refractivity contribution in [3.8, 4) is 5.69 Å². The number of nitrogens with one attached hydrogen (secondary N) is 1. The van der Waals surface area contributed by atoms with Gasteiger partial charge in [-0.15, -0.1) is 0 Å². The van der Waals surface area contributed by atoms with Crippen LogP contribution in [0.15, 0.2) is 12.1 Å². The number of ketones is 1. The largest absolute Gasteiger partial charge is 1.00 e. The van der Waals surface area contributed by atoms with Crippen LogP contribution in [0.4, 0.5) is 23.2 Å². The molecule has 0 saturated heterocycles. The Labute approximate surface area is 282 Å². The van der Waals surface area contributed by atoms with Crippen LogP contribution in [0.1, 0.15) is 91.4 Å². The van der Waals surface area contributed by atoms with Gasteiger partial charge in [-0.25, -0.2) is 9.07 Å². The standard InChI is InChI=1S/C32H41F4N5O6.ClH/c1-17(42)46-21(16-41(4,5)6)13-26(44)47-20-9-7-18(8-10-20)38-23-12-19(11-22(33)27(23)30(37)45)40-24-14-31(2,3)15-25(43)28(24)29(39-40)32(34,35)36;/h11-12,18,20-21H,7-10,13-16H2,1-6H3,(H2-,37,38,45);1H. The predicted octanol–water partition coefficient (Wildman–Crippen LogP) is 1.58. The maximum atomic E-state index is 15.4. The fraction of sp³-hybridized carbons (Fsp3) is 0.594. The summed E-state index contributed by atoms with van der Waals surface area (Å²) in [4.78, 5) is 49.3. The summed E-state index contributed by atoms with van der Waals surface area (Å²) < 4.78 is 69.7. The Morgan fingerprint density at radius 3 is 2.29 bits per heavy atom. The second-order valence-corrected chi connectivity index (χ2v) is 14.3. The molecule has 0 spiro atoms. The van der Waals surface area contributed by atoms with Crippen molar-refractivity contribution in [2.24, 2.45) is 11.1 Å². The lowest BCUT2D eigenvalue weighted by atomic mass is 9.75. The summed E-state index contributed by atoms with van der Waals surface area (Å²) in [5.74, 6) is -3.84. The molecule has 1 atom stereocenters. The number of fused-ring (bicyclic) bond motifs is 1. The number of Topliss-reactive ketones (excluding diaryl/α,β-unsaturated/α-hetero) is 1. The van der Waals surface area contributed by atoms with E-state index in [1.165, 1.54) is 13.0 Å². The first-order chi connectivity index (χ1) is 21.6. The Hall–Kier alpha value is -3.72. The summed E-state index contributed by atoms with van der Waals surface area (Å²) in [5, 5.41) is 6.84. The van der Waals surface area contributed by atoms with E-state index in [9.17, 15) is 32.3 Å². The quantitative estimate of drug-likeness (QED) is 0.216. The summed E-state index contributed by atoms with van der Waals surface area (Å²) in [6, 6.07) is 1.86. The molecule has 1 saturated carbocycles. The Balaban J connectivity index is 0.00000625. The number of nitrogens with zero attached hydrogens (tertiary/aromatic N) is 3. The van der Waals surface area contributed by atoms with Crippen LogP contribution in [0.5, 0.6) is 0 Å². The smallest absolute Gasteiger partial charge is 0.435 e. The van der Waals surface area contributed by atoms with E-state index in [0.29, 0.717) is 36.7 Å². The molecule has 3 N–H and O–H groups in total. The minimum atomic E-state index is -4.92. The van der Waals surface area contributed by atoms with Crippen molar-refractivity contribution in [3.63, 3.8) is 0 Å². The topological polar surface area (TPSA) is 143 Å². The summed E-state index contributed by atoms with van der Waals surface area (Å²) in [6.45, 7) is 5.19. The third kappa shape index (κ3) is 9.46. The zero-order chi connectivity index (χ0) is 35.1. The van der Waals surface area contributed by atoms with Gasteiger partial charge in [-0.05, 0) is 43.6 Å². The number of quaternary nitrogens is 1. The Morgan fingerprint density at radius 1 is 1.12 bits per heavy atom. The zero-order valence-corrected chi connectivity index (χ0v) is 28.6. The second kappa shape index (κ2) is 14.4. The Kier molecular flexibility index (Phi) is 11.6. The highest BCUT2D eigenvalue weighted by Gasteiger charge is 2.45. The number of nitrogens with two attached hydrogens (primary N) is 1. The van der Waals surface area contributed by atoms with Gasteiger partial charge in [0.2, 0.25) is 0 Å². The van der Waals surface area contributed by atoms with Crippen molar-refractivity contribution in [3.05, 3.63) is 40.5 Å². The predicted molar refractivity (Wildman–Crippen MR) is 162 cm³/mol. The van der Waals surface area contributed by atoms with Gasteiger partial charge in [-0.3, -0.25) is 19.2 Å². The van der Waals surface area contributed by atoms with E-state index < -0.39 is 70.1 Å². The molecule has 48 heavy (non-hydrogen) atoms. The van der Waals surface area contributed by atoms with Crippen molar-refractivity contribution in [1.29, 1.82) is 0 Å². The number of carbonyl (C=O) groups excluding carboxylic acids is 4. The number of esters is 2. The number of primary amides is 1. The zero-order valence-electron chi connectivity index (χ0n) is 27.8. The number of hydrogen-bond donors (Lipinski definition) is 2. The van der Waals surface area contributed by atoms with Crippen LogP contribution in [0.25, 0.3) is 5.69 Å². The number of halogens is 5. The molecule has 266 valence electrons. The van der Waals surface area contributed by atoms with Crippen LogP contribution < -0.4 is 23.5 Å². The van der Waals surface area contributed by atoms with E-state index >= 15 is 4.39 Å². The number of carbonyl (C=O) groups is 4.